The van der Waals surface area contributed by atoms with Gasteiger partial charge in [-0.15, -0.1) is 0 Å². The molecule has 5 heteroatoms. The lowest BCUT2D eigenvalue weighted by molar-refractivity contribution is -0.115. The smallest absolute Gasteiger partial charge is 0.251 e. The van der Waals surface area contributed by atoms with Gasteiger partial charge in [0.1, 0.15) is 0 Å². The fraction of sp³-hybridized carbons (Fsp3) is 0.333. The Morgan fingerprint density at radius 3 is 2.19 bits per heavy atom. The molecule has 0 aliphatic carbocycles. The molecule has 0 fully saturated rings. The molecule has 0 bridgehead atoms. The lowest BCUT2D eigenvalue weighted by Gasteiger charge is -2.19. The number of hydrogen-bond donors (Lipinski definition) is 2. The van der Waals surface area contributed by atoms with E-state index in [1.807, 2.05) is 32.0 Å². The van der Waals surface area contributed by atoms with Crippen LogP contribution < -0.4 is 10.6 Å². The highest BCUT2D eigenvalue weighted by Gasteiger charge is 2.15. The first-order valence-corrected chi connectivity index (χ1v) is 8.91. The summed E-state index contributed by atoms with van der Waals surface area (Å²) < 4.78 is 0. The second-order valence-corrected chi connectivity index (χ2v) is 7.90. The number of anilines is 1. The van der Waals surface area contributed by atoms with Gasteiger partial charge in [-0.1, -0.05) is 50.6 Å². The molecule has 0 aromatic heterocycles. The van der Waals surface area contributed by atoms with E-state index in [0.29, 0.717) is 16.3 Å². The fourth-order valence-corrected chi connectivity index (χ4v) is 3.01. The third kappa shape index (κ3) is 5.09. The summed E-state index contributed by atoms with van der Waals surface area (Å²) in [5, 5.41) is 5.88. The van der Waals surface area contributed by atoms with Gasteiger partial charge in [0.25, 0.3) is 5.91 Å². The van der Waals surface area contributed by atoms with Crippen LogP contribution in [0.4, 0.5) is 5.69 Å². The van der Waals surface area contributed by atoms with Crippen LogP contribution in [0.1, 0.15) is 47.8 Å². The Kier molecular flexibility index (Phi) is 6.09. The van der Waals surface area contributed by atoms with Crippen LogP contribution in [-0.4, -0.2) is 18.4 Å². The number of benzene rings is 2. The Bertz CT molecular complexity index is 798. The molecule has 0 aliphatic rings. The van der Waals surface area contributed by atoms with Gasteiger partial charge in [-0.25, -0.2) is 0 Å². The van der Waals surface area contributed by atoms with E-state index in [2.05, 4.69) is 31.4 Å². The van der Waals surface area contributed by atoms with Gasteiger partial charge in [0.05, 0.1) is 17.3 Å². The number of carbonyl (C=O) groups is 2. The molecule has 4 nitrogen and oxygen atoms in total. The van der Waals surface area contributed by atoms with Crippen molar-refractivity contribution in [1.29, 1.82) is 0 Å². The Hall–Kier alpha value is -2.33. The van der Waals surface area contributed by atoms with Crippen LogP contribution >= 0.6 is 11.6 Å². The third-order valence-electron chi connectivity index (χ3n) is 4.12. The highest BCUT2D eigenvalue weighted by Crippen LogP contribution is 2.27. The van der Waals surface area contributed by atoms with Gasteiger partial charge in [-0.3, -0.25) is 9.59 Å². The minimum absolute atomic E-state index is 0.0278. The van der Waals surface area contributed by atoms with Crippen LogP contribution in [0, 0.1) is 13.8 Å². The van der Waals surface area contributed by atoms with Gasteiger partial charge >= 0.3 is 0 Å². The third-order valence-corrected chi connectivity index (χ3v) is 4.42. The van der Waals surface area contributed by atoms with Crippen LogP contribution in [0.3, 0.4) is 0 Å². The summed E-state index contributed by atoms with van der Waals surface area (Å²) in [5.74, 6) is -0.606. The monoisotopic (exact) mass is 372 g/mol. The van der Waals surface area contributed by atoms with Crippen molar-refractivity contribution in [1.82, 2.24) is 5.32 Å². The summed E-state index contributed by atoms with van der Waals surface area (Å²) in [4.78, 5) is 24.4. The number of hydrogen-bond acceptors (Lipinski definition) is 2. The molecule has 0 radical (unpaired) electrons. The summed E-state index contributed by atoms with van der Waals surface area (Å²) in [5.41, 5.74) is 4.18. The molecule has 0 atom stereocenters. The molecule has 0 spiro atoms. The molecular formula is C21H25ClN2O2. The fourth-order valence-electron chi connectivity index (χ4n) is 2.64. The van der Waals surface area contributed by atoms with Crippen molar-refractivity contribution < 1.29 is 9.59 Å². The summed E-state index contributed by atoms with van der Waals surface area (Å²) in [7, 11) is 0. The van der Waals surface area contributed by atoms with E-state index in [9.17, 15) is 9.59 Å². The number of nitrogens with one attached hydrogen (secondary N) is 2. The largest absolute Gasteiger partial charge is 0.343 e. The van der Waals surface area contributed by atoms with Crippen molar-refractivity contribution in [2.24, 2.45) is 0 Å². The first-order chi connectivity index (χ1) is 12.1. The summed E-state index contributed by atoms with van der Waals surface area (Å²) in [6.07, 6.45) is 0. The van der Waals surface area contributed by atoms with Crippen molar-refractivity contribution in [3.8, 4) is 0 Å². The molecule has 26 heavy (non-hydrogen) atoms. The van der Waals surface area contributed by atoms with E-state index in [-0.39, 0.29) is 23.8 Å². The van der Waals surface area contributed by atoms with Gasteiger partial charge in [-0.05, 0) is 54.2 Å². The normalized spacial score (nSPS) is 11.2. The van der Waals surface area contributed by atoms with Gasteiger partial charge in [-0.2, -0.15) is 0 Å². The summed E-state index contributed by atoms with van der Waals surface area (Å²) in [6, 6.07) is 11.1. The second-order valence-electron chi connectivity index (χ2n) is 7.50. The Balaban J connectivity index is 1.96. The number of amides is 2. The average molecular weight is 373 g/mol. The molecule has 2 rings (SSSR count). The molecule has 2 N–H and O–H groups in total. The topological polar surface area (TPSA) is 58.2 Å². The molecule has 0 aliphatic heterocycles. The SMILES string of the molecule is Cc1cc(C)c(NC(=O)CNC(=O)c2ccc(C(C)(C)C)cc2)c(Cl)c1. The minimum Gasteiger partial charge on any atom is -0.343 e. The molecule has 2 amide bonds. The van der Waals surface area contributed by atoms with Crippen molar-refractivity contribution >= 4 is 29.1 Å². The predicted octanol–water partition coefficient (Wildman–Crippen LogP) is 4.62. The maximum Gasteiger partial charge on any atom is 0.251 e. The van der Waals surface area contributed by atoms with Gasteiger partial charge in [0.15, 0.2) is 0 Å². The Labute approximate surface area is 159 Å². The molecule has 0 unspecified atom stereocenters. The summed E-state index contributed by atoms with van der Waals surface area (Å²) in [6.45, 7) is 10.0. The van der Waals surface area contributed by atoms with E-state index >= 15 is 0 Å². The zero-order chi connectivity index (χ0) is 19.5. The van der Waals surface area contributed by atoms with E-state index < -0.39 is 0 Å². The molecule has 2 aromatic carbocycles. The molecule has 0 saturated heterocycles. The van der Waals surface area contributed by atoms with Crippen molar-refractivity contribution in [3.63, 3.8) is 0 Å². The van der Waals surface area contributed by atoms with Crippen LogP contribution in [0.15, 0.2) is 36.4 Å². The van der Waals surface area contributed by atoms with Crippen molar-refractivity contribution in [3.05, 3.63) is 63.7 Å². The zero-order valence-electron chi connectivity index (χ0n) is 15.9. The van der Waals surface area contributed by atoms with E-state index in [1.165, 1.54) is 0 Å². The van der Waals surface area contributed by atoms with Crippen molar-refractivity contribution in [2.45, 2.75) is 40.0 Å². The minimum atomic E-state index is -0.321. The zero-order valence-corrected chi connectivity index (χ0v) is 16.6. The highest BCUT2D eigenvalue weighted by molar-refractivity contribution is 6.34. The van der Waals surface area contributed by atoms with Crippen LogP contribution in [-0.2, 0) is 10.2 Å². The van der Waals surface area contributed by atoms with Crippen molar-refractivity contribution in [2.75, 3.05) is 11.9 Å². The number of carbonyl (C=O) groups excluding carboxylic acids is 2. The predicted molar refractivity (Wildman–Crippen MR) is 107 cm³/mol. The van der Waals surface area contributed by atoms with E-state index in [0.717, 1.165) is 16.7 Å². The van der Waals surface area contributed by atoms with Crippen LogP contribution in [0.5, 0.6) is 0 Å². The number of rotatable bonds is 4. The number of halogens is 1. The first-order valence-electron chi connectivity index (χ1n) is 8.53. The molecule has 138 valence electrons. The van der Waals surface area contributed by atoms with Crippen LogP contribution in [0.2, 0.25) is 5.02 Å². The van der Waals surface area contributed by atoms with E-state index in [1.54, 1.807) is 18.2 Å². The molecular weight excluding hydrogens is 348 g/mol. The second kappa shape index (κ2) is 7.92. The maximum atomic E-state index is 12.2. The standard InChI is InChI=1S/C21H25ClN2O2/c1-13-10-14(2)19(17(22)11-13)24-18(25)12-23-20(26)15-6-8-16(9-7-15)21(3,4)5/h6-11H,12H2,1-5H3,(H,23,26)(H,24,25). The molecule has 2 aromatic rings. The molecule has 0 heterocycles. The maximum absolute atomic E-state index is 12.2. The van der Waals surface area contributed by atoms with Gasteiger partial charge in [0, 0.05) is 5.56 Å². The first kappa shape index (κ1) is 20.0. The lowest BCUT2D eigenvalue weighted by atomic mass is 9.87. The number of aryl methyl sites for hydroxylation is 2. The Morgan fingerprint density at radius 1 is 1.04 bits per heavy atom. The van der Waals surface area contributed by atoms with Gasteiger partial charge < -0.3 is 10.6 Å². The molecule has 0 saturated carbocycles. The van der Waals surface area contributed by atoms with Crippen LogP contribution in [0.25, 0.3) is 0 Å². The van der Waals surface area contributed by atoms with Gasteiger partial charge in [0.2, 0.25) is 5.91 Å². The van der Waals surface area contributed by atoms with E-state index in [4.69, 9.17) is 11.6 Å². The lowest BCUT2D eigenvalue weighted by Crippen LogP contribution is -2.33. The average Bonchev–Trinajstić information content (AvgIpc) is 2.55. The summed E-state index contributed by atoms with van der Waals surface area (Å²) >= 11 is 6.19. The Morgan fingerprint density at radius 2 is 1.65 bits per heavy atom. The quantitative estimate of drug-likeness (QED) is 0.822. The highest BCUT2D eigenvalue weighted by atomic mass is 35.5.